The minimum absolute atomic E-state index is 0.0698. The summed E-state index contributed by atoms with van der Waals surface area (Å²) in [5, 5.41) is 8.62. The molecule has 0 atom stereocenters. The maximum atomic E-state index is 13.6. The third-order valence-corrected chi connectivity index (χ3v) is 2.54. The van der Waals surface area contributed by atoms with Crippen molar-refractivity contribution in [1.29, 1.82) is 0 Å². The number of halogens is 1. The Morgan fingerprint density at radius 2 is 1.72 bits per heavy atom. The van der Waals surface area contributed by atoms with Crippen molar-refractivity contribution >= 4 is 0 Å². The van der Waals surface area contributed by atoms with Gasteiger partial charge in [0.1, 0.15) is 5.82 Å². The molecule has 0 radical (unpaired) electrons. The second-order valence-corrected chi connectivity index (χ2v) is 3.83. The lowest BCUT2D eigenvalue weighted by Gasteiger charge is -2.02. The van der Waals surface area contributed by atoms with Gasteiger partial charge in [-0.2, -0.15) is 0 Å². The fraction of sp³-hybridized carbons (Fsp3) is 0.125. The molecule has 1 N–H and O–H groups in total. The van der Waals surface area contributed by atoms with Crippen LogP contribution in [0.1, 0.15) is 12.0 Å². The van der Waals surface area contributed by atoms with E-state index in [2.05, 4.69) is 11.8 Å². The molecule has 18 heavy (non-hydrogen) atoms. The van der Waals surface area contributed by atoms with E-state index >= 15 is 0 Å². The fourth-order valence-electron chi connectivity index (χ4n) is 1.65. The van der Waals surface area contributed by atoms with E-state index in [9.17, 15) is 4.39 Å². The van der Waals surface area contributed by atoms with Crippen LogP contribution in [0.5, 0.6) is 0 Å². The summed E-state index contributed by atoms with van der Waals surface area (Å²) in [7, 11) is 0. The molecule has 0 saturated heterocycles. The molecule has 2 heteroatoms. The van der Waals surface area contributed by atoms with Gasteiger partial charge in [-0.15, -0.1) is 0 Å². The van der Waals surface area contributed by atoms with Gasteiger partial charge in [0.15, 0.2) is 0 Å². The van der Waals surface area contributed by atoms with Crippen LogP contribution in [0.25, 0.3) is 11.1 Å². The molecule has 0 amide bonds. The maximum absolute atomic E-state index is 13.6. The van der Waals surface area contributed by atoms with Crippen molar-refractivity contribution < 1.29 is 9.50 Å². The third-order valence-electron chi connectivity index (χ3n) is 2.54. The molecule has 0 aliphatic heterocycles. The second-order valence-electron chi connectivity index (χ2n) is 3.83. The van der Waals surface area contributed by atoms with Crippen LogP contribution in [0, 0.1) is 17.7 Å². The lowest BCUT2D eigenvalue weighted by atomic mass is 10.0. The van der Waals surface area contributed by atoms with Gasteiger partial charge in [-0.25, -0.2) is 4.39 Å². The van der Waals surface area contributed by atoms with Crippen molar-refractivity contribution in [1.82, 2.24) is 0 Å². The average Bonchev–Trinajstić information content (AvgIpc) is 2.41. The SMILES string of the molecule is OCCC#Cc1ccc(-c2ccccc2F)cc1. The van der Waals surface area contributed by atoms with Gasteiger partial charge in [-0.3, -0.25) is 0 Å². The van der Waals surface area contributed by atoms with Crippen molar-refractivity contribution in [3.63, 3.8) is 0 Å². The molecule has 0 aliphatic rings. The highest BCUT2D eigenvalue weighted by Crippen LogP contribution is 2.22. The van der Waals surface area contributed by atoms with Gasteiger partial charge < -0.3 is 5.11 Å². The predicted octanol–water partition coefficient (Wildman–Crippen LogP) is 3.23. The van der Waals surface area contributed by atoms with Crippen molar-refractivity contribution in [2.75, 3.05) is 6.61 Å². The highest BCUT2D eigenvalue weighted by molar-refractivity contribution is 5.64. The lowest BCUT2D eigenvalue weighted by molar-refractivity contribution is 0.305. The minimum Gasteiger partial charge on any atom is -0.395 e. The summed E-state index contributed by atoms with van der Waals surface area (Å²) in [6.07, 6.45) is 0.467. The van der Waals surface area contributed by atoms with Crippen molar-refractivity contribution in [2.24, 2.45) is 0 Å². The zero-order chi connectivity index (χ0) is 12.8. The van der Waals surface area contributed by atoms with Crippen LogP contribution in [-0.2, 0) is 0 Å². The monoisotopic (exact) mass is 240 g/mol. The summed E-state index contributed by atoms with van der Waals surface area (Å²) >= 11 is 0. The summed E-state index contributed by atoms with van der Waals surface area (Å²) in [4.78, 5) is 0. The molecule has 2 rings (SSSR count). The molecule has 1 nitrogen and oxygen atoms in total. The zero-order valence-electron chi connectivity index (χ0n) is 9.86. The molecular weight excluding hydrogens is 227 g/mol. The summed E-state index contributed by atoms with van der Waals surface area (Å²) in [5.41, 5.74) is 2.29. The Hall–Kier alpha value is -2.11. The molecule has 2 aromatic rings. The average molecular weight is 240 g/mol. The van der Waals surface area contributed by atoms with Crippen molar-refractivity contribution in [3.05, 3.63) is 59.9 Å². The van der Waals surface area contributed by atoms with Gasteiger partial charge in [0, 0.05) is 17.5 Å². The largest absolute Gasteiger partial charge is 0.395 e. The molecule has 0 aromatic heterocycles. The third kappa shape index (κ3) is 2.97. The first-order valence-corrected chi connectivity index (χ1v) is 5.76. The van der Waals surface area contributed by atoms with Crippen LogP contribution < -0.4 is 0 Å². The number of aliphatic hydroxyl groups excluding tert-OH is 1. The summed E-state index contributed by atoms with van der Waals surface area (Å²) in [5.74, 6) is 5.56. The molecule has 0 saturated carbocycles. The normalized spacial score (nSPS) is 9.67. The highest BCUT2D eigenvalue weighted by Gasteiger charge is 2.02. The Kier molecular flexibility index (Phi) is 4.11. The second kappa shape index (κ2) is 6.00. The number of hydrogen-bond acceptors (Lipinski definition) is 1. The van der Waals surface area contributed by atoms with Gasteiger partial charge in [-0.1, -0.05) is 42.2 Å². The molecule has 0 aliphatic carbocycles. The van der Waals surface area contributed by atoms with E-state index in [1.54, 1.807) is 12.1 Å². The summed E-state index contributed by atoms with van der Waals surface area (Å²) in [6.45, 7) is 0.0698. The first kappa shape index (κ1) is 12.3. The smallest absolute Gasteiger partial charge is 0.131 e. The van der Waals surface area contributed by atoms with E-state index in [4.69, 9.17) is 5.11 Å². The van der Waals surface area contributed by atoms with Gasteiger partial charge in [0.05, 0.1) is 6.61 Å². The zero-order valence-corrected chi connectivity index (χ0v) is 9.86. The molecule has 0 fully saturated rings. The van der Waals surface area contributed by atoms with Gasteiger partial charge in [-0.05, 0) is 23.8 Å². The van der Waals surface area contributed by atoms with E-state index in [1.807, 2.05) is 30.3 Å². The van der Waals surface area contributed by atoms with Gasteiger partial charge in [0.25, 0.3) is 0 Å². The first-order chi connectivity index (χ1) is 8.81. The van der Waals surface area contributed by atoms with Crippen LogP contribution in [0.15, 0.2) is 48.5 Å². The van der Waals surface area contributed by atoms with E-state index in [0.29, 0.717) is 12.0 Å². The number of benzene rings is 2. The Morgan fingerprint density at radius 3 is 2.39 bits per heavy atom. The Morgan fingerprint density at radius 1 is 1.00 bits per heavy atom. The molecule has 0 unspecified atom stereocenters. The van der Waals surface area contributed by atoms with Crippen LogP contribution >= 0.6 is 0 Å². The molecule has 90 valence electrons. The number of hydrogen-bond donors (Lipinski definition) is 1. The van der Waals surface area contributed by atoms with Crippen LogP contribution in [0.4, 0.5) is 4.39 Å². The maximum Gasteiger partial charge on any atom is 0.131 e. The number of rotatable bonds is 2. The molecule has 0 bridgehead atoms. The van der Waals surface area contributed by atoms with E-state index in [1.165, 1.54) is 6.07 Å². The standard InChI is InChI=1S/C16H13FO/c17-16-7-2-1-6-15(16)14-10-8-13(9-11-14)5-3-4-12-18/h1-2,6-11,18H,4,12H2. The number of aliphatic hydroxyl groups is 1. The van der Waals surface area contributed by atoms with Gasteiger partial charge >= 0.3 is 0 Å². The van der Waals surface area contributed by atoms with Crippen molar-refractivity contribution in [3.8, 4) is 23.0 Å². The lowest BCUT2D eigenvalue weighted by Crippen LogP contribution is -1.84. The van der Waals surface area contributed by atoms with E-state index in [0.717, 1.165) is 11.1 Å². The molecule has 0 heterocycles. The van der Waals surface area contributed by atoms with Crippen LogP contribution in [0.2, 0.25) is 0 Å². The first-order valence-electron chi connectivity index (χ1n) is 5.76. The fourth-order valence-corrected chi connectivity index (χ4v) is 1.65. The Balaban J connectivity index is 2.24. The van der Waals surface area contributed by atoms with E-state index in [-0.39, 0.29) is 12.4 Å². The van der Waals surface area contributed by atoms with Crippen LogP contribution in [-0.4, -0.2) is 11.7 Å². The molecule has 0 spiro atoms. The Labute approximate surface area is 106 Å². The molecule has 2 aromatic carbocycles. The van der Waals surface area contributed by atoms with Gasteiger partial charge in [0.2, 0.25) is 0 Å². The highest BCUT2D eigenvalue weighted by atomic mass is 19.1. The quantitative estimate of drug-likeness (QED) is 0.799. The molecular formula is C16H13FO. The predicted molar refractivity (Wildman–Crippen MR) is 70.4 cm³/mol. The van der Waals surface area contributed by atoms with Crippen molar-refractivity contribution in [2.45, 2.75) is 6.42 Å². The van der Waals surface area contributed by atoms with E-state index < -0.39 is 0 Å². The Bertz CT molecular complexity index is 576. The summed E-state index contributed by atoms with van der Waals surface area (Å²) < 4.78 is 13.6. The van der Waals surface area contributed by atoms with Crippen LogP contribution in [0.3, 0.4) is 0 Å². The topological polar surface area (TPSA) is 20.2 Å². The summed E-state index contributed by atoms with van der Waals surface area (Å²) in [6, 6.07) is 14.1. The minimum atomic E-state index is -0.225.